The summed E-state index contributed by atoms with van der Waals surface area (Å²) in [4.78, 5) is 57.4. The van der Waals surface area contributed by atoms with Gasteiger partial charge in [0.2, 0.25) is 0 Å². The molecular weight excluding hydrogens is 436 g/mol. The van der Waals surface area contributed by atoms with Gasteiger partial charge in [-0.3, -0.25) is 0 Å². The normalized spacial score (nSPS) is 12.1. The van der Waals surface area contributed by atoms with Gasteiger partial charge in [-0.25, -0.2) is 0 Å². The molecule has 3 N–H and O–H groups in total. The van der Waals surface area contributed by atoms with Crippen LogP contribution >= 0.6 is 0 Å². The van der Waals surface area contributed by atoms with Crippen molar-refractivity contribution in [3.05, 3.63) is 0 Å². The number of carbonyl (C=O) groups excluding carboxylic acids is 6. The molecule has 156 valence electrons. The maximum Gasteiger partial charge on any atom is 6.00 e. The van der Waals surface area contributed by atoms with E-state index in [9.17, 15) is 59.4 Å². The van der Waals surface area contributed by atoms with Crippen LogP contribution in [0.15, 0.2) is 0 Å². The van der Waals surface area contributed by atoms with Crippen LogP contribution in [0.1, 0.15) is 19.3 Å². The molecule has 0 spiro atoms. The second-order valence-electron chi connectivity index (χ2n) is 4.23. The zero-order chi connectivity index (χ0) is 22.3. The summed E-state index contributed by atoms with van der Waals surface area (Å²) in [6.45, 7) is 0. The molecule has 0 saturated carbocycles. The topological polar surface area (TPSA) is 301 Å². The second kappa shape index (κ2) is 17.6. The van der Waals surface area contributed by atoms with E-state index in [0.29, 0.717) is 0 Å². The minimum atomic E-state index is -1.96. The number of carboxylic acids is 6. The molecule has 0 amide bonds. The van der Waals surface area contributed by atoms with Crippen molar-refractivity contribution in [1.82, 2.24) is 0 Å². The van der Waals surface area contributed by atoms with Gasteiger partial charge in [0.1, 0.15) is 0 Å². The first kappa shape index (κ1) is 32.9. The van der Waals surface area contributed by atoms with Crippen LogP contribution < -0.4 is 30.6 Å². The van der Waals surface area contributed by atoms with Crippen molar-refractivity contribution in [1.29, 1.82) is 0 Å². The number of hydrogen-bond acceptors (Lipinski definition) is 15. The van der Waals surface area contributed by atoms with Crippen LogP contribution in [0.4, 0.5) is 0 Å². The van der Waals surface area contributed by atoms with Crippen LogP contribution in [0.2, 0.25) is 0 Å². The SMILES string of the molecule is O=C([O-])CC(O)C(=O)[O-].O=C([O-])CC(O)C(=O)[O-].O=C([O-])CC(O)C(=O)[O-].[Cr+6]. The molecule has 3 unspecified atom stereocenters. The van der Waals surface area contributed by atoms with Gasteiger partial charge in [0.05, 0.1) is 36.2 Å². The van der Waals surface area contributed by atoms with Gasteiger partial charge in [-0.1, -0.05) is 0 Å². The zero-order valence-corrected chi connectivity index (χ0v) is 14.8. The van der Waals surface area contributed by atoms with Crippen molar-refractivity contribution in [3.8, 4) is 0 Å². The summed E-state index contributed by atoms with van der Waals surface area (Å²) < 4.78 is 0. The fourth-order valence-electron chi connectivity index (χ4n) is 0.724. The number of carboxylic acid groups (broad SMARTS) is 6. The first-order valence-corrected chi connectivity index (χ1v) is 6.38. The minimum Gasteiger partial charge on any atom is -0.550 e. The summed E-state index contributed by atoms with van der Waals surface area (Å²) in [6.07, 6.45) is -8.67. The summed E-state index contributed by atoms with van der Waals surface area (Å²) in [7, 11) is 0. The van der Waals surface area contributed by atoms with Crippen molar-refractivity contribution in [2.24, 2.45) is 0 Å². The summed E-state index contributed by atoms with van der Waals surface area (Å²) in [5, 5.41) is 82.0. The molecule has 0 heterocycles. The first-order valence-electron chi connectivity index (χ1n) is 6.38. The fraction of sp³-hybridized carbons (Fsp3) is 0.500. The van der Waals surface area contributed by atoms with Gasteiger partial charge in [-0.15, -0.1) is 0 Å². The number of aliphatic hydroxyl groups excluding tert-OH is 3. The van der Waals surface area contributed by atoms with Gasteiger partial charge in [0, 0.05) is 37.2 Å². The van der Waals surface area contributed by atoms with Gasteiger partial charge in [-0.05, 0) is 0 Å². The van der Waals surface area contributed by atoms with E-state index in [1.54, 1.807) is 0 Å². The summed E-state index contributed by atoms with van der Waals surface area (Å²) in [5.41, 5.74) is 0. The smallest absolute Gasteiger partial charge is 0.550 e. The van der Waals surface area contributed by atoms with Crippen molar-refractivity contribution < 1.29 is 92.1 Å². The Hall–Kier alpha value is -2.77. The number of aliphatic hydroxyl groups is 3. The number of hydrogen-bond donors (Lipinski definition) is 3. The first-order chi connectivity index (χ1) is 12.1. The van der Waals surface area contributed by atoms with Gasteiger partial charge in [0.25, 0.3) is 0 Å². The third-order valence-electron chi connectivity index (χ3n) is 1.90. The van der Waals surface area contributed by atoms with Crippen molar-refractivity contribution in [2.75, 3.05) is 0 Å². The molecule has 28 heavy (non-hydrogen) atoms. The average Bonchev–Trinajstić information content (AvgIpc) is 2.46. The number of rotatable bonds is 9. The van der Waals surface area contributed by atoms with E-state index < -0.39 is 73.4 Å². The molecule has 16 heteroatoms. The van der Waals surface area contributed by atoms with Crippen LogP contribution in [0.5, 0.6) is 0 Å². The predicted molar refractivity (Wildman–Crippen MR) is 61.9 cm³/mol. The van der Waals surface area contributed by atoms with Gasteiger partial charge in [0.15, 0.2) is 0 Å². The molecule has 0 rings (SSSR count). The number of carbonyl (C=O) groups is 6. The van der Waals surface area contributed by atoms with Crippen molar-refractivity contribution >= 4 is 35.8 Å². The van der Waals surface area contributed by atoms with Crippen LogP contribution in [0, 0.1) is 0 Å². The maximum atomic E-state index is 9.58. The summed E-state index contributed by atoms with van der Waals surface area (Å²) in [5.74, 6) is -10.3. The third-order valence-corrected chi connectivity index (χ3v) is 1.90. The molecule has 0 radical (unpaired) electrons. The van der Waals surface area contributed by atoms with Crippen LogP contribution in [-0.2, 0) is 46.1 Å². The van der Waals surface area contributed by atoms with E-state index in [0.717, 1.165) is 0 Å². The Balaban J connectivity index is -0.000000152. The molecule has 0 saturated heterocycles. The zero-order valence-electron chi connectivity index (χ0n) is 13.5. The van der Waals surface area contributed by atoms with Gasteiger partial charge < -0.3 is 74.7 Å². The molecule has 0 aliphatic carbocycles. The van der Waals surface area contributed by atoms with Crippen LogP contribution in [0.25, 0.3) is 0 Å². The maximum absolute atomic E-state index is 9.58. The van der Waals surface area contributed by atoms with Crippen LogP contribution in [-0.4, -0.2) is 69.4 Å². The molecule has 0 aromatic rings. The number of aliphatic carboxylic acids is 6. The Morgan fingerprint density at radius 3 is 0.679 bits per heavy atom. The van der Waals surface area contributed by atoms with E-state index in [1.807, 2.05) is 0 Å². The van der Waals surface area contributed by atoms with E-state index in [1.165, 1.54) is 0 Å². The predicted octanol–water partition coefficient (Wildman–Crippen LogP) is -11.3. The van der Waals surface area contributed by atoms with Gasteiger partial charge in [-0.2, -0.15) is 0 Å². The Labute approximate surface area is 166 Å². The van der Waals surface area contributed by atoms with Gasteiger partial charge >= 0.3 is 17.4 Å². The molecule has 0 bridgehead atoms. The van der Waals surface area contributed by atoms with Crippen molar-refractivity contribution in [2.45, 2.75) is 37.6 Å². The molecule has 0 aromatic heterocycles. The molecule has 15 nitrogen and oxygen atoms in total. The van der Waals surface area contributed by atoms with E-state index in [2.05, 4.69) is 0 Å². The summed E-state index contributed by atoms with van der Waals surface area (Å²) >= 11 is 0. The average molecular weight is 448 g/mol. The molecule has 0 aliphatic rings. The Morgan fingerprint density at radius 2 is 0.643 bits per heavy atom. The molecule has 3 atom stereocenters. The van der Waals surface area contributed by atoms with E-state index in [4.69, 9.17) is 15.3 Å². The minimum absolute atomic E-state index is 0. The molecule has 0 fully saturated rings. The Bertz CT molecular complexity index is 469. The quantitative estimate of drug-likeness (QED) is 0.295. The monoisotopic (exact) mass is 448 g/mol. The van der Waals surface area contributed by atoms with E-state index >= 15 is 0 Å². The molecule has 0 aliphatic heterocycles. The second-order valence-corrected chi connectivity index (χ2v) is 4.23. The van der Waals surface area contributed by atoms with E-state index in [-0.39, 0.29) is 17.4 Å². The largest absolute Gasteiger partial charge is 6.00 e. The van der Waals surface area contributed by atoms with Crippen molar-refractivity contribution in [3.63, 3.8) is 0 Å². The molecular formula is C12H12CrO15. The molecule has 0 aromatic carbocycles. The summed E-state index contributed by atoms with van der Waals surface area (Å²) in [6, 6.07) is 0. The standard InChI is InChI=1S/3C4H6O5.Cr/c3*5-2(4(8)9)1-3(6)7;/h3*2,5H,1H2,(H,6,7)(H,8,9);/q;;;+6/p-6. The fourth-order valence-corrected chi connectivity index (χ4v) is 0.724. The van der Waals surface area contributed by atoms with Crippen LogP contribution in [0.3, 0.4) is 0 Å². The Morgan fingerprint density at radius 1 is 0.500 bits per heavy atom. The third kappa shape index (κ3) is 25.5. The Kier molecular flexibility index (Phi) is 20.7.